The highest BCUT2D eigenvalue weighted by molar-refractivity contribution is 7.55. The molecule has 1 rings (SSSR count). The van der Waals surface area contributed by atoms with E-state index in [9.17, 15) is 9.67 Å². The van der Waals surface area contributed by atoms with Crippen molar-refractivity contribution in [3.8, 4) is 5.75 Å². The highest BCUT2D eigenvalue weighted by atomic mass is 35.5. The van der Waals surface area contributed by atoms with E-state index in [2.05, 4.69) is 5.09 Å². The van der Waals surface area contributed by atoms with Gasteiger partial charge in [0.25, 0.3) is 0 Å². The monoisotopic (exact) mass is 327 g/mol. The van der Waals surface area contributed by atoms with Gasteiger partial charge in [-0.1, -0.05) is 23.2 Å². The van der Waals surface area contributed by atoms with E-state index in [0.717, 1.165) is 0 Å². The van der Waals surface area contributed by atoms with Crippen molar-refractivity contribution in [1.29, 1.82) is 0 Å². The van der Waals surface area contributed by atoms with Crippen LogP contribution in [0.4, 0.5) is 5.69 Å². The molecule has 108 valence electrons. The van der Waals surface area contributed by atoms with Crippen LogP contribution >= 0.6 is 30.9 Å². The summed E-state index contributed by atoms with van der Waals surface area (Å²) in [7, 11) is -3.55. The molecule has 0 aliphatic rings. The third-order valence-corrected chi connectivity index (χ3v) is 4.84. The van der Waals surface area contributed by atoms with Crippen molar-refractivity contribution in [2.75, 3.05) is 18.3 Å². The minimum absolute atomic E-state index is 0.0922. The Balaban J connectivity index is 3.14. The van der Waals surface area contributed by atoms with Crippen LogP contribution in [0, 0.1) is 6.92 Å². The lowest BCUT2D eigenvalue weighted by Crippen LogP contribution is -2.05. The minimum Gasteiger partial charge on any atom is -0.504 e. The number of halogens is 2. The van der Waals surface area contributed by atoms with Gasteiger partial charge in [-0.15, -0.1) is 0 Å². The minimum atomic E-state index is -3.55. The molecule has 0 atom stereocenters. The smallest absolute Gasteiger partial charge is 0.432 e. The van der Waals surface area contributed by atoms with Gasteiger partial charge in [0.15, 0.2) is 5.75 Å². The first-order valence-corrected chi connectivity index (χ1v) is 7.99. The molecule has 19 heavy (non-hydrogen) atoms. The summed E-state index contributed by atoms with van der Waals surface area (Å²) in [4.78, 5) is 0. The molecule has 2 N–H and O–H groups in total. The normalized spacial score (nSPS) is 11.6. The van der Waals surface area contributed by atoms with Gasteiger partial charge in [0.2, 0.25) is 0 Å². The van der Waals surface area contributed by atoms with Crippen LogP contribution in [-0.2, 0) is 13.6 Å². The Morgan fingerprint density at radius 2 is 1.84 bits per heavy atom. The number of phenolic OH excluding ortho intramolecular Hbond substituents is 1. The molecule has 0 aromatic heterocycles. The van der Waals surface area contributed by atoms with Gasteiger partial charge in [-0.3, -0.25) is 14.1 Å². The zero-order valence-electron chi connectivity index (χ0n) is 10.9. The summed E-state index contributed by atoms with van der Waals surface area (Å²) in [5.74, 6) is -0.247. The van der Waals surface area contributed by atoms with Crippen molar-refractivity contribution in [1.82, 2.24) is 0 Å². The average molecular weight is 328 g/mol. The van der Waals surface area contributed by atoms with E-state index >= 15 is 0 Å². The van der Waals surface area contributed by atoms with Crippen molar-refractivity contribution in [2.24, 2.45) is 0 Å². The second-order valence-corrected chi connectivity index (χ2v) is 6.16. The second-order valence-electron chi connectivity index (χ2n) is 3.64. The Bertz CT molecular complexity index is 500. The Morgan fingerprint density at radius 1 is 1.32 bits per heavy atom. The molecular formula is C11H16Cl2NO4P. The van der Waals surface area contributed by atoms with E-state index < -0.39 is 7.75 Å². The predicted molar refractivity (Wildman–Crippen MR) is 77.3 cm³/mol. The number of aromatic hydroxyl groups is 1. The molecule has 0 bridgehead atoms. The van der Waals surface area contributed by atoms with E-state index in [1.807, 2.05) is 0 Å². The maximum absolute atomic E-state index is 12.3. The zero-order valence-corrected chi connectivity index (χ0v) is 13.3. The first-order valence-electron chi connectivity index (χ1n) is 5.69. The number of anilines is 1. The lowest BCUT2D eigenvalue weighted by atomic mass is 10.2. The largest absolute Gasteiger partial charge is 0.504 e. The van der Waals surface area contributed by atoms with Gasteiger partial charge in [0.05, 0.1) is 23.9 Å². The number of phenols is 1. The van der Waals surface area contributed by atoms with Crippen LogP contribution in [0.1, 0.15) is 19.4 Å². The molecular weight excluding hydrogens is 312 g/mol. The van der Waals surface area contributed by atoms with Crippen LogP contribution in [0.3, 0.4) is 0 Å². The molecule has 8 heteroatoms. The van der Waals surface area contributed by atoms with Crippen molar-refractivity contribution in [3.63, 3.8) is 0 Å². The third kappa shape index (κ3) is 4.01. The third-order valence-electron chi connectivity index (χ3n) is 2.28. The number of hydrogen-bond acceptors (Lipinski definition) is 4. The molecule has 0 aliphatic carbocycles. The molecule has 0 saturated heterocycles. The Morgan fingerprint density at radius 3 is 2.32 bits per heavy atom. The van der Waals surface area contributed by atoms with Crippen molar-refractivity contribution in [2.45, 2.75) is 20.8 Å². The van der Waals surface area contributed by atoms with Crippen LogP contribution in [0.2, 0.25) is 10.0 Å². The highest BCUT2D eigenvalue weighted by Crippen LogP contribution is 2.51. The van der Waals surface area contributed by atoms with E-state index in [0.29, 0.717) is 10.6 Å². The molecule has 0 saturated carbocycles. The molecule has 1 aromatic rings. The van der Waals surface area contributed by atoms with Crippen LogP contribution in [0.5, 0.6) is 5.75 Å². The van der Waals surface area contributed by atoms with Gasteiger partial charge >= 0.3 is 7.75 Å². The first-order chi connectivity index (χ1) is 8.84. The number of hydrogen-bond donors (Lipinski definition) is 2. The molecule has 0 spiro atoms. The van der Waals surface area contributed by atoms with Crippen molar-refractivity contribution < 1.29 is 18.7 Å². The quantitative estimate of drug-likeness (QED) is 0.590. The molecule has 0 heterocycles. The molecule has 5 nitrogen and oxygen atoms in total. The SMILES string of the molecule is CCOP(=O)(Nc1cc(Cl)c(C)c(Cl)c1O)OCC. The maximum Gasteiger partial charge on any atom is 0.432 e. The topological polar surface area (TPSA) is 67.8 Å². The van der Waals surface area contributed by atoms with Crippen LogP contribution in [0.15, 0.2) is 6.07 Å². The van der Waals surface area contributed by atoms with Gasteiger partial charge in [0, 0.05) is 5.02 Å². The van der Waals surface area contributed by atoms with E-state index in [1.165, 1.54) is 6.07 Å². The van der Waals surface area contributed by atoms with E-state index in [4.69, 9.17) is 32.2 Å². The summed E-state index contributed by atoms with van der Waals surface area (Å²) < 4.78 is 22.4. The van der Waals surface area contributed by atoms with Gasteiger partial charge < -0.3 is 5.11 Å². The highest BCUT2D eigenvalue weighted by Gasteiger charge is 2.26. The standard InChI is InChI=1S/C11H16Cl2NO4P/c1-4-17-19(16,18-5-2)14-9-6-8(12)7(3)10(13)11(9)15/h6,15H,4-5H2,1-3H3,(H,14,16). The first kappa shape index (κ1) is 16.6. The predicted octanol–water partition coefficient (Wildman–Crippen LogP) is 4.60. The fourth-order valence-electron chi connectivity index (χ4n) is 1.38. The molecule has 0 aliphatic heterocycles. The number of rotatable bonds is 6. The Kier molecular flexibility index (Phi) is 5.96. The van der Waals surface area contributed by atoms with Crippen molar-refractivity contribution in [3.05, 3.63) is 21.7 Å². The van der Waals surface area contributed by atoms with E-state index in [1.54, 1.807) is 20.8 Å². The summed E-state index contributed by atoms with van der Waals surface area (Å²) >= 11 is 11.9. The molecule has 0 radical (unpaired) electrons. The summed E-state index contributed by atoms with van der Waals surface area (Å²) in [5, 5.41) is 12.9. The molecule has 0 fully saturated rings. The van der Waals surface area contributed by atoms with Crippen LogP contribution < -0.4 is 5.09 Å². The van der Waals surface area contributed by atoms with Gasteiger partial charge in [-0.05, 0) is 32.4 Å². The van der Waals surface area contributed by atoms with Crippen LogP contribution in [-0.4, -0.2) is 18.3 Å². The van der Waals surface area contributed by atoms with Crippen LogP contribution in [0.25, 0.3) is 0 Å². The van der Waals surface area contributed by atoms with Gasteiger partial charge in [-0.2, -0.15) is 0 Å². The second kappa shape index (κ2) is 6.82. The Labute approximate surface area is 122 Å². The van der Waals surface area contributed by atoms with E-state index in [-0.39, 0.29) is 29.7 Å². The summed E-state index contributed by atoms with van der Waals surface area (Å²) in [5.41, 5.74) is 0.639. The molecule has 1 aromatic carbocycles. The summed E-state index contributed by atoms with van der Waals surface area (Å²) in [6, 6.07) is 1.42. The Hall–Kier alpha value is -0.450. The maximum atomic E-state index is 12.3. The lowest BCUT2D eigenvalue weighted by molar-refractivity contribution is 0.225. The zero-order chi connectivity index (χ0) is 14.6. The molecule has 0 amide bonds. The van der Waals surface area contributed by atoms with Gasteiger partial charge in [-0.25, -0.2) is 4.57 Å². The lowest BCUT2D eigenvalue weighted by Gasteiger charge is -2.20. The number of benzene rings is 1. The average Bonchev–Trinajstić information content (AvgIpc) is 2.34. The number of nitrogens with one attached hydrogen (secondary N) is 1. The molecule has 0 unspecified atom stereocenters. The summed E-state index contributed by atoms with van der Waals surface area (Å²) in [6.45, 7) is 5.42. The summed E-state index contributed by atoms with van der Waals surface area (Å²) in [6.07, 6.45) is 0. The fraction of sp³-hybridized carbons (Fsp3) is 0.455. The van der Waals surface area contributed by atoms with Crippen molar-refractivity contribution >= 4 is 36.6 Å². The van der Waals surface area contributed by atoms with Gasteiger partial charge in [0.1, 0.15) is 0 Å². The fourth-order valence-corrected chi connectivity index (χ4v) is 3.18.